The quantitative estimate of drug-likeness (QED) is 0.911. The maximum absolute atomic E-state index is 13.3. The van der Waals surface area contributed by atoms with Crippen molar-refractivity contribution in [2.24, 2.45) is 5.92 Å². The molecule has 1 aromatic carbocycles. The average molecular weight is 301 g/mol. The fourth-order valence-electron chi connectivity index (χ4n) is 3.02. The molecule has 1 N–H and O–H groups in total. The highest BCUT2D eigenvalue weighted by atomic mass is 19.4. The van der Waals surface area contributed by atoms with Crippen molar-refractivity contribution in [1.82, 2.24) is 5.32 Å². The zero-order chi connectivity index (χ0) is 14.9. The number of alkyl halides is 3. The van der Waals surface area contributed by atoms with Crippen molar-refractivity contribution < 1.29 is 22.6 Å². The van der Waals surface area contributed by atoms with Crippen LogP contribution in [0.4, 0.5) is 13.2 Å². The molecule has 1 aromatic rings. The molecule has 0 unspecified atom stereocenters. The van der Waals surface area contributed by atoms with E-state index in [0.29, 0.717) is 25.4 Å². The van der Waals surface area contributed by atoms with E-state index in [9.17, 15) is 13.2 Å². The summed E-state index contributed by atoms with van der Waals surface area (Å²) < 4.78 is 50.7. The molecule has 0 bridgehead atoms. The molecule has 0 radical (unpaired) electrons. The van der Waals surface area contributed by atoms with Crippen molar-refractivity contribution in [3.05, 3.63) is 23.3 Å². The van der Waals surface area contributed by atoms with Crippen LogP contribution in [0.5, 0.6) is 11.5 Å². The summed E-state index contributed by atoms with van der Waals surface area (Å²) in [4.78, 5) is 0. The zero-order valence-corrected chi connectivity index (χ0v) is 11.6. The molecule has 2 heterocycles. The van der Waals surface area contributed by atoms with Gasteiger partial charge in [-0.15, -0.1) is 0 Å². The molecule has 0 aromatic heterocycles. The lowest BCUT2D eigenvalue weighted by Gasteiger charge is -2.28. The predicted octanol–water partition coefficient (Wildman–Crippen LogP) is 3.02. The van der Waals surface area contributed by atoms with Crippen LogP contribution in [0.3, 0.4) is 0 Å². The first-order chi connectivity index (χ1) is 10.1. The molecule has 0 saturated carbocycles. The lowest BCUT2D eigenvalue weighted by Crippen LogP contribution is -2.29. The Morgan fingerprint density at radius 1 is 1.10 bits per heavy atom. The van der Waals surface area contributed by atoms with Gasteiger partial charge in [0, 0.05) is 5.56 Å². The van der Waals surface area contributed by atoms with E-state index in [-0.39, 0.29) is 17.2 Å². The average Bonchev–Trinajstić information content (AvgIpc) is 2.47. The summed E-state index contributed by atoms with van der Waals surface area (Å²) in [5, 5.41) is 3.23. The molecule has 3 nitrogen and oxygen atoms in total. The Hall–Kier alpha value is -1.43. The van der Waals surface area contributed by atoms with E-state index in [0.717, 1.165) is 32.0 Å². The van der Waals surface area contributed by atoms with Crippen molar-refractivity contribution in [3.8, 4) is 11.5 Å². The largest absolute Gasteiger partial charge is 0.486 e. The van der Waals surface area contributed by atoms with Crippen LogP contribution in [0, 0.1) is 5.92 Å². The van der Waals surface area contributed by atoms with Gasteiger partial charge in [-0.2, -0.15) is 13.2 Å². The Bertz CT molecular complexity index is 510. The van der Waals surface area contributed by atoms with Gasteiger partial charge in [-0.05, 0) is 50.4 Å². The summed E-state index contributed by atoms with van der Waals surface area (Å²) in [5.41, 5.74) is -0.336. The SMILES string of the molecule is FC(F)(F)c1ccc2c(c1CC1CCNCC1)OCCO2. The Kier molecular flexibility index (Phi) is 3.97. The molecule has 21 heavy (non-hydrogen) atoms. The topological polar surface area (TPSA) is 30.5 Å². The smallest absolute Gasteiger partial charge is 0.416 e. The van der Waals surface area contributed by atoms with E-state index < -0.39 is 11.7 Å². The van der Waals surface area contributed by atoms with Gasteiger partial charge in [0.15, 0.2) is 11.5 Å². The number of hydrogen-bond donors (Lipinski definition) is 1. The van der Waals surface area contributed by atoms with Crippen LogP contribution in [-0.2, 0) is 12.6 Å². The number of hydrogen-bond acceptors (Lipinski definition) is 3. The Labute approximate surface area is 121 Å². The molecule has 1 saturated heterocycles. The van der Waals surface area contributed by atoms with Crippen LogP contribution < -0.4 is 14.8 Å². The fraction of sp³-hybridized carbons (Fsp3) is 0.600. The van der Waals surface area contributed by atoms with Crippen LogP contribution in [0.1, 0.15) is 24.0 Å². The summed E-state index contributed by atoms with van der Waals surface area (Å²) in [6, 6.07) is 2.48. The fourth-order valence-corrected chi connectivity index (χ4v) is 3.02. The number of ether oxygens (including phenoxy) is 2. The Morgan fingerprint density at radius 2 is 1.81 bits per heavy atom. The minimum Gasteiger partial charge on any atom is -0.486 e. The van der Waals surface area contributed by atoms with Gasteiger partial charge in [0.25, 0.3) is 0 Å². The van der Waals surface area contributed by atoms with Gasteiger partial charge < -0.3 is 14.8 Å². The second kappa shape index (κ2) is 5.75. The maximum atomic E-state index is 13.3. The predicted molar refractivity (Wildman–Crippen MR) is 71.7 cm³/mol. The van der Waals surface area contributed by atoms with Gasteiger partial charge in [-0.25, -0.2) is 0 Å². The number of halogens is 3. The monoisotopic (exact) mass is 301 g/mol. The lowest BCUT2D eigenvalue weighted by molar-refractivity contribution is -0.138. The van der Waals surface area contributed by atoms with Crippen LogP contribution >= 0.6 is 0 Å². The molecule has 116 valence electrons. The normalized spacial score (nSPS) is 19.6. The number of rotatable bonds is 2. The molecular weight excluding hydrogens is 283 g/mol. The van der Waals surface area contributed by atoms with Crippen LogP contribution in [0.2, 0.25) is 0 Å². The Morgan fingerprint density at radius 3 is 2.52 bits per heavy atom. The van der Waals surface area contributed by atoms with E-state index in [4.69, 9.17) is 9.47 Å². The minimum absolute atomic E-state index is 0.254. The van der Waals surface area contributed by atoms with Crippen molar-refractivity contribution in [1.29, 1.82) is 0 Å². The molecule has 0 atom stereocenters. The van der Waals surface area contributed by atoms with Crippen molar-refractivity contribution in [2.45, 2.75) is 25.4 Å². The van der Waals surface area contributed by atoms with E-state index in [1.54, 1.807) is 0 Å². The third-order valence-corrected chi connectivity index (χ3v) is 4.07. The van der Waals surface area contributed by atoms with Gasteiger partial charge in [0.1, 0.15) is 13.2 Å². The molecule has 2 aliphatic heterocycles. The van der Waals surface area contributed by atoms with Gasteiger partial charge in [-0.3, -0.25) is 0 Å². The summed E-state index contributed by atoms with van der Waals surface area (Å²) in [5.74, 6) is 0.970. The molecule has 0 amide bonds. The summed E-state index contributed by atoms with van der Waals surface area (Å²) in [7, 11) is 0. The first kappa shape index (κ1) is 14.5. The molecule has 0 aliphatic carbocycles. The first-order valence-corrected chi connectivity index (χ1v) is 7.25. The Balaban J connectivity index is 1.97. The van der Waals surface area contributed by atoms with E-state index in [2.05, 4.69) is 5.32 Å². The second-order valence-electron chi connectivity index (χ2n) is 5.51. The number of benzene rings is 1. The first-order valence-electron chi connectivity index (χ1n) is 7.25. The standard InChI is InChI=1S/C15H18F3NO2/c16-15(17,18)12-1-2-13-14(21-8-7-20-13)11(12)9-10-3-5-19-6-4-10/h1-2,10,19H,3-9H2. The van der Waals surface area contributed by atoms with Gasteiger partial charge in [0.2, 0.25) is 0 Å². The van der Waals surface area contributed by atoms with Crippen molar-refractivity contribution in [2.75, 3.05) is 26.3 Å². The number of fused-ring (bicyclic) bond motifs is 1. The molecule has 0 spiro atoms. The third-order valence-electron chi connectivity index (χ3n) is 4.07. The van der Waals surface area contributed by atoms with Crippen LogP contribution in [-0.4, -0.2) is 26.3 Å². The van der Waals surface area contributed by atoms with Crippen LogP contribution in [0.25, 0.3) is 0 Å². The van der Waals surface area contributed by atoms with Gasteiger partial charge in [-0.1, -0.05) is 0 Å². The highest BCUT2D eigenvalue weighted by Gasteiger charge is 2.37. The van der Waals surface area contributed by atoms with Crippen molar-refractivity contribution >= 4 is 0 Å². The maximum Gasteiger partial charge on any atom is 0.416 e. The third kappa shape index (κ3) is 3.10. The summed E-state index contributed by atoms with van der Waals surface area (Å²) in [6.07, 6.45) is -2.19. The lowest BCUT2D eigenvalue weighted by atomic mass is 9.88. The molecule has 2 aliphatic rings. The highest BCUT2D eigenvalue weighted by Crippen LogP contribution is 2.43. The van der Waals surface area contributed by atoms with Gasteiger partial charge in [0.05, 0.1) is 5.56 Å². The molecule has 3 rings (SSSR count). The van der Waals surface area contributed by atoms with E-state index >= 15 is 0 Å². The molecule has 6 heteroatoms. The van der Waals surface area contributed by atoms with E-state index in [1.807, 2.05) is 0 Å². The second-order valence-corrected chi connectivity index (χ2v) is 5.51. The number of nitrogens with one attached hydrogen (secondary N) is 1. The van der Waals surface area contributed by atoms with E-state index in [1.165, 1.54) is 6.07 Å². The van der Waals surface area contributed by atoms with Crippen molar-refractivity contribution in [3.63, 3.8) is 0 Å². The summed E-state index contributed by atoms with van der Waals surface area (Å²) >= 11 is 0. The minimum atomic E-state index is -4.36. The molecular formula is C15H18F3NO2. The number of piperidine rings is 1. The zero-order valence-electron chi connectivity index (χ0n) is 11.6. The molecule has 1 fully saturated rings. The van der Waals surface area contributed by atoms with Crippen LogP contribution in [0.15, 0.2) is 12.1 Å². The highest BCUT2D eigenvalue weighted by molar-refractivity contribution is 5.52. The van der Waals surface area contributed by atoms with Gasteiger partial charge >= 0.3 is 6.18 Å². The summed E-state index contributed by atoms with van der Waals surface area (Å²) in [6.45, 7) is 2.40.